The van der Waals surface area contributed by atoms with Gasteiger partial charge in [0.05, 0.1) is 13.2 Å². The lowest BCUT2D eigenvalue weighted by Crippen LogP contribution is -2.35. The molecule has 0 unspecified atom stereocenters. The Morgan fingerprint density at radius 2 is 2.26 bits per heavy atom. The van der Waals surface area contributed by atoms with E-state index in [9.17, 15) is 14.4 Å². The highest BCUT2D eigenvalue weighted by atomic mass is 16.6. The monoisotopic (exact) mass is 269 g/mol. The van der Waals surface area contributed by atoms with E-state index < -0.39 is 18.0 Å². The van der Waals surface area contributed by atoms with E-state index in [0.29, 0.717) is 0 Å². The summed E-state index contributed by atoms with van der Waals surface area (Å²) in [5, 5.41) is 10.3. The van der Waals surface area contributed by atoms with Crippen molar-refractivity contribution < 1.29 is 23.9 Å². The van der Waals surface area contributed by atoms with Gasteiger partial charge in [-0.2, -0.15) is 0 Å². The number of amides is 2. The van der Waals surface area contributed by atoms with Crippen LogP contribution in [0.5, 0.6) is 0 Å². The minimum Gasteiger partial charge on any atom is -0.460 e. The van der Waals surface area contributed by atoms with Crippen molar-refractivity contribution in [2.24, 2.45) is 0 Å². The van der Waals surface area contributed by atoms with Crippen LogP contribution < -0.4 is 0 Å². The zero-order chi connectivity index (χ0) is 13.8. The summed E-state index contributed by atoms with van der Waals surface area (Å²) in [6.07, 6.45) is -0.712. The molecule has 0 spiro atoms. The van der Waals surface area contributed by atoms with E-state index >= 15 is 0 Å². The first-order valence-corrected chi connectivity index (χ1v) is 5.54. The van der Waals surface area contributed by atoms with Crippen LogP contribution in [0, 0.1) is 0 Å². The van der Waals surface area contributed by atoms with Crippen molar-refractivity contribution in [3.05, 3.63) is 5.82 Å². The third-order valence-electron chi connectivity index (χ3n) is 2.34. The van der Waals surface area contributed by atoms with E-state index in [0.717, 1.165) is 9.58 Å². The molecule has 0 atom stereocenters. The molecule has 1 saturated heterocycles. The second-order valence-corrected chi connectivity index (χ2v) is 3.54. The largest absolute Gasteiger partial charge is 0.460 e. The smallest absolute Gasteiger partial charge is 0.416 e. The molecule has 1 aromatic heterocycles. The summed E-state index contributed by atoms with van der Waals surface area (Å²) < 4.78 is 10.4. The summed E-state index contributed by atoms with van der Waals surface area (Å²) in [6.45, 7) is 1.80. The van der Waals surface area contributed by atoms with E-state index in [1.54, 1.807) is 6.92 Å². The Balaban J connectivity index is 2.07. The number of carbonyl (C=O) groups excluding carboxylic acids is 3. The molecule has 0 N–H and O–H groups in total. The molecule has 0 radical (unpaired) electrons. The van der Waals surface area contributed by atoms with Crippen molar-refractivity contribution in [3.8, 4) is 0 Å². The topological polar surface area (TPSA) is 117 Å². The Bertz CT molecular complexity index is 513. The highest BCUT2D eigenvalue weighted by Crippen LogP contribution is 2.05. The van der Waals surface area contributed by atoms with Gasteiger partial charge in [-0.15, -0.1) is 5.10 Å². The first kappa shape index (κ1) is 12.9. The molecule has 1 aliphatic rings. The van der Waals surface area contributed by atoms with Crippen molar-refractivity contribution in [1.82, 2.24) is 25.1 Å². The molecule has 1 aliphatic heterocycles. The van der Waals surface area contributed by atoms with Crippen LogP contribution >= 0.6 is 0 Å². The zero-order valence-corrected chi connectivity index (χ0v) is 10.1. The molecule has 2 heterocycles. The van der Waals surface area contributed by atoms with Crippen LogP contribution in [0.4, 0.5) is 4.79 Å². The van der Waals surface area contributed by atoms with Crippen LogP contribution in [-0.2, 0) is 20.8 Å². The summed E-state index contributed by atoms with van der Waals surface area (Å²) in [4.78, 5) is 35.4. The Morgan fingerprint density at radius 1 is 1.47 bits per heavy atom. The average molecular weight is 269 g/mol. The van der Waals surface area contributed by atoms with Gasteiger partial charge in [0.2, 0.25) is 0 Å². The van der Waals surface area contributed by atoms with Gasteiger partial charge in [-0.3, -0.25) is 4.79 Å². The van der Waals surface area contributed by atoms with Crippen molar-refractivity contribution >= 4 is 18.0 Å². The lowest BCUT2D eigenvalue weighted by Gasteiger charge is -2.10. The fourth-order valence-corrected chi connectivity index (χ4v) is 1.49. The SMILES string of the molecule is CCOC(=O)c1nnnn1CC(=O)N1CCOC1=O. The van der Waals surface area contributed by atoms with Crippen LogP contribution in [0.15, 0.2) is 0 Å². The molecule has 1 aromatic rings. The van der Waals surface area contributed by atoms with E-state index in [-0.39, 0.29) is 32.1 Å². The molecule has 0 aliphatic carbocycles. The predicted molar refractivity (Wildman–Crippen MR) is 56.8 cm³/mol. The van der Waals surface area contributed by atoms with Gasteiger partial charge < -0.3 is 9.47 Å². The van der Waals surface area contributed by atoms with Gasteiger partial charge in [0.1, 0.15) is 13.2 Å². The maximum absolute atomic E-state index is 11.8. The second kappa shape index (κ2) is 5.42. The number of ether oxygens (including phenoxy) is 2. The third kappa shape index (κ3) is 2.67. The second-order valence-electron chi connectivity index (χ2n) is 3.54. The molecular formula is C9H11N5O5. The van der Waals surface area contributed by atoms with E-state index in [2.05, 4.69) is 20.3 Å². The number of rotatable bonds is 4. The number of cyclic esters (lactones) is 1. The number of carbonyl (C=O) groups is 3. The van der Waals surface area contributed by atoms with Gasteiger partial charge in [-0.25, -0.2) is 19.2 Å². The fourth-order valence-electron chi connectivity index (χ4n) is 1.49. The Kier molecular flexibility index (Phi) is 3.68. The fraction of sp³-hybridized carbons (Fsp3) is 0.556. The molecule has 2 rings (SSSR count). The van der Waals surface area contributed by atoms with Gasteiger partial charge in [-0.1, -0.05) is 0 Å². The predicted octanol–water partition coefficient (Wildman–Crippen LogP) is -1.17. The van der Waals surface area contributed by atoms with E-state index in [4.69, 9.17) is 4.74 Å². The van der Waals surface area contributed by atoms with Gasteiger partial charge in [0.25, 0.3) is 11.7 Å². The van der Waals surface area contributed by atoms with Crippen LogP contribution in [0.1, 0.15) is 17.5 Å². The molecule has 0 bridgehead atoms. The lowest BCUT2D eigenvalue weighted by molar-refractivity contribution is -0.128. The van der Waals surface area contributed by atoms with Crippen molar-refractivity contribution in [1.29, 1.82) is 0 Å². The average Bonchev–Trinajstić information content (AvgIpc) is 2.98. The standard InChI is InChI=1S/C9H11N5O5/c1-2-18-8(16)7-10-11-12-14(7)5-6(15)13-3-4-19-9(13)17/h2-5H2,1H3. The molecule has 10 heteroatoms. The highest BCUT2D eigenvalue weighted by molar-refractivity contribution is 5.93. The van der Waals surface area contributed by atoms with Gasteiger partial charge >= 0.3 is 12.1 Å². The number of nitrogens with zero attached hydrogens (tertiary/aromatic N) is 5. The first-order valence-electron chi connectivity index (χ1n) is 5.54. The number of hydrogen-bond donors (Lipinski definition) is 0. The molecule has 0 aromatic carbocycles. The normalized spacial score (nSPS) is 14.4. The van der Waals surface area contributed by atoms with E-state index in [1.807, 2.05) is 0 Å². The van der Waals surface area contributed by atoms with Gasteiger partial charge in [-0.05, 0) is 17.4 Å². The first-order chi connectivity index (χ1) is 9.13. The third-order valence-corrected chi connectivity index (χ3v) is 2.34. The Morgan fingerprint density at radius 3 is 2.89 bits per heavy atom. The van der Waals surface area contributed by atoms with E-state index in [1.165, 1.54) is 0 Å². The van der Waals surface area contributed by atoms with Crippen molar-refractivity contribution in [2.45, 2.75) is 13.5 Å². The number of aromatic nitrogens is 4. The maximum Gasteiger partial charge on any atom is 0.416 e. The molecule has 10 nitrogen and oxygen atoms in total. The summed E-state index contributed by atoms with van der Waals surface area (Å²) in [5.41, 5.74) is 0. The summed E-state index contributed by atoms with van der Waals surface area (Å²) >= 11 is 0. The van der Waals surface area contributed by atoms with Gasteiger partial charge in [0.15, 0.2) is 0 Å². The number of esters is 1. The van der Waals surface area contributed by atoms with Crippen molar-refractivity contribution in [3.63, 3.8) is 0 Å². The molecule has 1 fully saturated rings. The molecule has 102 valence electrons. The quantitative estimate of drug-likeness (QED) is 0.627. The summed E-state index contributed by atoms with van der Waals surface area (Å²) in [6, 6.07) is 0. The summed E-state index contributed by atoms with van der Waals surface area (Å²) in [5.74, 6) is -1.48. The highest BCUT2D eigenvalue weighted by Gasteiger charge is 2.30. The van der Waals surface area contributed by atoms with Crippen LogP contribution in [0.25, 0.3) is 0 Å². The maximum atomic E-state index is 11.8. The van der Waals surface area contributed by atoms with Crippen molar-refractivity contribution in [2.75, 3.05) is 19.8 Å². The van der Waals surface area contributed by atoms with Crippen LogP contribution in [-0.4, -0.2) is 62.8 Å². The minimum absolute atomic E-state index is 0.158. The number of tetrazole rings is 1. The number of imide groups is 1. The molecule has 2 amide bonds. The van der Waals surface area contributed by atoms with Gasteiger partial charge in [0, 0.05) is 0 Å². The van der Waals surface area contributed by atoms with Crippen LogP contribution in [0.2, 0.25) is 0 Å². The Labute approximate surface area is 107 Å². The molecule has 19 heavy (non-hydrogen) atoms. The van der Waals surface area contributed by atoms with Crippen LogP contribution in [0.3, 0.4) is 0 Å². The Hall–Kier alpha value is -2.52. The molecular weight excluding hydrogens is 258 g/mol. The number of hydrogen-bond acceptors (Lipinski definition) is 8. The molecule has 0 saturated carbocycles. The summed E-state index contributed by atoms with van der Waals surface area (Å²) in [7, 11) is 0. The minimum atomic E-state index is -0.732. The lowest BCUT2D eigenvalue weighted by atomic mass is 10.5. The zero-order valence-electron chi connectivity index (χ0n) is 10.1.